The van der Waals surface area contributed by atoms with E-state index in [4.69, 9.17) is 16.3 Å². The van der Waals surface area contributed by atoms with E-state index in [0.717, 1.165) is 11.3 Å². The number of halogens is 1. The van der Waals surface area contributed by atoms with Crippen LogP contribution in [0.25, 0.3) is 5.69 Å². The number of carbonyl (C=O) groups excluding carboxylic acids is 1. The second kappa shape index (κ2) is 7.76. The Morgan fingerprint density at radius 2 is 2.12 bits per heavy atom. The number of para-hydroxylation sites is 1. The average Bonchev–Trinajstić information content (AvgIpc) is 3.16. The molecule has 0 spiro atoms. The van der Waals surface area contributed by atoms with Gasteiger partial charge in [-0.25, -0.2) is 0 Å². The van der Waals surface area contributed by atoms with Crippen molar-refractivity contribution >= 4 is 17.5 Å². The highest BCUT2D eigenvalue weighted by Gasteiger charge is 2.14. The quantitative estimate of drug-likeness (QED) is 0.732. The zero-order valence-corrected chi connectivity index (χ0v) is 14.3. The third-order valence-corrected chi connectivity index (χ3v) is 3.91. The molecule has 2 aromatic carbocycles. The first kappa shape index (κ1) is 16.9. The van der Waals surface area contributed by atoms with Crippen LogP contribution in [0.4, 0.5) is 0 Å². The Balaban J connectivity index is 1.72. The molecule has 128 valence electrons. The highest BCUT2D eigenvalue weighted by molar-refractivity contribution is 6.31. The molecule has 0 fully saturated rings. The highest BCUT2D eigenvalue weighted by Crippen LogP contribution is 2.20. The summed E-state index contributed by atoms with van der Waals surface area (Å²) >= 11 is 6.03. The molecule has 0 atom stereocenters. The number of hydrogen-bond acceptors (Lipinski definition) is 5. The molecule has 1 amide bonds. The molecule has 0 aliphatic heterocycles. The fraction of sp³-hybridized carbons (Fsp3) is 0.176. The van der Waals surface area contributed by atoms with Gasteiger partial charge in [0.2, 0.25) is 0 Å². The van der Waals surface area contributed by atoms with Gasteiger partial charge >= 0.3 is 0 Å². The van der Waals surface area contributed by atoms with Crippen LogP contribution >= 0.6 is 11.6 Å². The Hall–Kier alpha value is -2.93. The SMILES string of the molecule is COc1ccccc1CCNC(=O)c1cc(Cl)ccc1-n1cnnn1. The Kier molecular flexibility index (Phi) is 5.25. The maximum Gasteiger partial charge on any atom is 0.253 e. The first-order chi connectivity index (χ1) is 12.2. The van der Waals surface area contributed by atoms with Gasteiger partial charge in [-0.05, 0) is 46.7 Å². The monoisotopic (exact) mass is 357 g/mol. The average molecular weight is 358 g/mol. The van der Waals surface area contributed by atoms with Gasteiger partial charge < -0.3 is 10.1 Å². The van der Waals surface area contributed by atoms with Crippen molar-refractivity contribution in [3.8, 4) is 11.4 Å². The molecule has 0 unspecified atom stereocenters. The summed E-state index contributed by atoms with van der Waals surface area (Å²) in [6.07, 6.45) is 2.07. The van der Waals surface area contributed by atoms with Crippen molar-refractivity contribution in [1.29, 1.82) is 0 Å². The predicted octanol–water partition coefficient (Wildman–Crippen LogP) is 2.30. The summed E-state index contributed by atoms with van der Waals surface area (Å²) in [6, 6.07) is 12.7. The molecule has 1 aromatic heterocycles. The second-order valence-electron chi connectivity index (χ2n) is 5.23. The summed E-state index contributed by atoms with van der Waals surface area (Å²) in [4.78, 5) is 12.6. The van der Waals surface area contributed by atoms with E-state index in [1.54, 1.807) is 25.3 Å². The number of tetrazole rings is 1. The maximum absolute atomic E-state index is 12.6. The molecule has 0 radical (unpaired) electrons. The number of aromatic nitrogens is 4. The molecule has 0 aliphatic carbocycles. The number of hydrogen-bond donors (Lipinski definition) is 1. The lowest BCUT2D eigenvalue weighted by Crippen LogP contribution is -2.27. The smallest absolute Gasteiger partial charge is 0.253 e. The van der Waals surface area contributed by atoms with E-state index >= 15 is 0 Å². The molecule has 8 heteroatoms. The second-order valence-corrected chi connectivity index (χ2v) is 5.67. The number of benzene rings is 2. The Bertz CT molecular complexity index is 867. The van der Waals surface area contributed by atoms with Crippen LogP contribution in [0.1, 0.15) is 15.9 Å². The van der Waals surface area contributed by atoms with Gasteiger partial charge in [0.25, 0.3) is 5.91 Å². The molecule has 3 aromatic rings. The maximum atomic E-state index is 12.6. The van der Waals surface area contributed by atoms with Crippen molar-refractivity contribution in [2.75, 3.05) is 13.7 Å². The first-order valence-corrected chi connectivity index (χ1v) is 8.00. The lowest BCUT2D eigenvalue weighted by molar-refractivity contribution is 0.0954. The molecule has 1 heterocycles. The largest absolute Gasteiger partial charge is 0.496 e. The summed E-state index contributed by atoms with van der Waals surface area (Å²) in [5, 5.41) is 14.4. The molecule has 0 saturated heterocycles. The van der Waals surface area contributed by atoms with Crippen LogP contribution in [0, 0.1) is 0 Å². The molecule has 25 heavy (non-hydrogen) atoms. The van der Waals surface area contributed by atoms with Crippen molar-refractivity contribution in [2.45, 2.75) is 6.42 Å². The zero-order valence-electron chi connectivity index (χ0n) is 13.5. The van der Waals surface area contributed by atoms with Crippen molar-refractivity contribution in [3.05, 3.63) is 64.9 Å². The van der Waals surface area contributed by atoms with Gasteiger partial charge in [-0.3, -0.25) is 4.79 Å². The summed E-state index contributed by atoms with van der Waals surface area (Å²) in [5.74, 6) is 0.553. The van der Waals surface area contributed by atoms with Gasteiger partial charge in [0.15, 0.2) is 0 Å². The van der Waals surface area contributed by atoms with Crippen molar-refractivity contribution in [2.24, 2.45) is 0 Å². The van der Waals surface area contributed by atoms with Gasteiger partial charge in [0.05, 0.1) is 18.4 Å². The number of methoxy groups -OCH3 is 1. The van der Waals surface area contributed by atoms with Crippen LogP contribution in [-0.2, 0) is 6.42 Å². The Labute approximate surface area is 149 Å². The van der Waals surface area contributed by atoms with Crippen LogP contribution in [0.2, 0.25) is 5.02 Å². The summed E-state index contributed by atoms with van der Waals surface area (Å²) in [5.41, 5.74) is 1.99. The number of rotatable bonds is 6. The molecule has 1 N–H and O–H groups in total. The zero-order chi connectivity index (χ0) is 17.6. The van der Waals surface area contributed by atoms with E-state index in [1.807, 2.05) is 24.3 Å². The minimum atomic E-state index is -0.247. The van der Waals surface area contributed by atoms with E-state index in [-0.39, 0.29) is 5.91 Å². The van der Waals surface area contributed by atoms with E-state index in [9.17, 15) is 4.79 Å². The standard InChI is InChI=1S/C17H16ClN5O2/c1-25-16-5-3-2-4-12(16)8-9-19-17(24)14-10-13(18)6-7-15(14)23-11-20-21-22-23/h2-7,10-11H,8-9H2,1H3,(H,19,24). The van der Waals surface area contributed by atoms with Gasteiger partial charge in [0.1, 0.15) is 12.1 Å². The third kappa shape index (κ3) is 3.95. The molecule has 7 nitrogen and oxygen atoms in total. The molecular weight excluding hydrogens is 342 g/mol. The van der Waals surface area contributed by atoms with E-state index in [1.165, 1.54) is 11.0 Å². The van der Waals surface area contributed by atoms with Gasteiger partial charge in [-0.15, -0.1) is 5.10 Å². The highest BCUT2D eigenvalue weighted by atomic mass is 35.5. The number of amides is 1. The Morgan fingerprint density at radius 1 is 1.28 bits per heavy atom. The van der Waals surface area contributed by atoms with Gasteiger partial charge in [0, 0.05) is 11.6 Å². The number of nitrogens with zero attached hydrogens (tertiary/aromatic N) is 4. The lowest BCUT2D eigenvalue weighted by atomic mass is 10.1. The number of ether oxygens (including phenoxy) is 1. The Morgan fingerprint density at radius 3 is 2.88 bits per heavy atom. The summed E-state index contributed by atoms with van der Waals surface area (Å²) < 4.78 is 6.74. The molecule has 0 aliphatic rings. The third-order valence-electron chi connectivity index (χ3n) is 3.67. The molecule has 0 saturated carbocycles. The molecular formula is C17H16ClN5O2. The molecule has 0 bridgehead atoms. The van der Waals surface area contributed by atoms with Crippen LogP contribution in [0.15, 0.2) is 48.8 Å². The predicted molar refractivity (Wildman–Crippen MR) is 93.2 cm³/mol. The van der Waals surface area contributed by atoms with Crippen LogP contribution < -0.4 is 10.1 Å². The minimum absolute atomic E-state index is 0.247. The summed E-state index contributed by atoms with van der Waals surface area (Å²) in [6.45, 7) is 0.459. The molecule has 3 rings (SSSR count). The van der Waals surface area contributed by atoms with Crippen LogP contribution in [0.3, 0.4) is 0 Å². The normalized spacial score (nSPS) is 10.5. The summed E-state index contributed by atoms with van der Waals surface area (Å²) in [7, 11) is 1.63. The first-order valence-electron chi connectivity index (χ1n) is 7.62. The minimum Gasteiger partial charge on any atom is -0.496 e. The number of carbonyl (C=O) groups is 1. The van der Waals surface area contributed by atoms with Gasteiger partial charge in [-0.2, -0.15) is 4.68 Å². The van der Waals surface area contributed by atoms with Crippen LogP contribution in [0.5, 0.6) is 5.75 Å². The number of nitrogens with one attached hydrogen (secondary N) is 1. The van der Waals surface area contributed by atoms with Crippen molar-refractivity contribution < 1.29 is 9.53 Å². The van der Waals surface area contributed by atoms with E-state index in [2.05, 4.69) is 20.8 Å². The van der Waals surface area contributed by atoms with Crippen molar-refractivity contribution in [1.82, 2.24) is 25.5 Å². The van der Waals surface area contributed by atoms with E-state index < -0.39 is 0 Å². The fourth-order valence-corrected chi connectivity index (χ4v) is 2.65. The van der Waals surface area contributed by atoms with E-state index in [0.29, 0.717) is 29.2 Å². The topological polar surface area (TPSA) is 81.9 Å². The van der Waals surface area contributed by atoms with Crippen LogP contribution in [-0.4, -0.2) is 39.8 Å². The lowest BCUT2D eigenvalue weighted by Gasteiger charge is -2.11. The fourth-order valence-electron chi connectivity index (χ4n) is 2.48. The van der Waals surface area contributed by atoms with Gasteiger partial charge in [-0.1, -0.05) is 29.8 Å². The van der Waals surface area contributed by atoms with Crippen molar-refractivity contribution in [3.63, 3.8) is 0 Å².